The van der Waals surface area contributed by atoms with Gasteiger partial charge in [0, 0.05) is 23.2 Å². The summed E-state index contributed by atoms with van der Waals surface area (Å²) < 4.78 is 0. The van der Waals surface area contributed by atoms with Gasteiger partial charge in [0.15, 0.2) is 0 Å². The number of likely N-dealkylation sites (tertiary alicyclic amines) is 1. The van der Waals surface area contributed by atoms with Crippen molar-refractivity contribution in [2.45, 2.75) is 18.5 Å². The van der Waals surface area contributed by atoms with Gasteiger partial charge in [0.1, 0.15) is 6.04 Å². The molecule has 1 aliphatic heterocycles. The lowest BCUT2D eigenvalue weighted by Crippen LogP contribution is -2.40. The van der Waals surface area contributed by atoms with Gasteiger partial charge in [-0.25, -0.2) is 4.79 Å². The van der Waals surface area contributed by atoms with Gasteiger partial charge in [0.2, 0.25) is 0 Å². The number of rotatable bonds is 2. The number of hydrogen-bond acceptors (Lipinski definition) is 3. The number of carboxylic acids is 1. The zero-order valence-electron chi connectivity index (χ0n) is 9.54. The van der Waals surface area contributed by atoms with Crippen molar-refractivity contribution in [3.05, 3.63) is 34.9 Å². The highest BCUT2D eigenvalue weighted by molar-refractivity contribution is 6.31. The fourth-order valence-electron chi connectivity index (χ4n) is 2.11. The van der Waals surface area contributed by atoms with Gasteiger partial charge in [-0.1, -0.05) is 17.7 Å². The Morgan fingerprint density at radius 1 is 1.44 bits per heavy atom. The molecule has 1 fully saturated rings. The number of hydrogen-bond donors (Lipinski definition) is 2. The molecule has 0 aliphatic carbocycles. The van der Waals surface area contributed by atoms with Crippen LogP contribution in [0.15, 0.2) is 24.3 Å². The fraction of sp³-hybridized carbons (Fsp3) is 0.333. The molecule has 2 rings (SSSR count). The first-order chi connectivity index (χ1) is 8.49. The highest BCUT2D eigenvalue weighted by atomic mass is 35.5. The SMILES string of the molecule is NC1CC(C(=O)O)N(C(=O)c2cccc(Cl)c2)C1. The van der Waals surface area contributed by atoms with E-state index in [2.05, 4.69) is 0 Å². The molecule has 5 nitrogen and oxygen atoms in total. The Hall–Kier alpha value is -1.59. The van der Waals surface area contributed by atoms with E-state index >= 15 is 0 Å². The maximum Gasteiger partial charge on any atom is 0.326 e. The van der Waals surface area contributed by atoms with E-state index in [0.717, 1.165) is 0 Å². The number of nitrogens with zero attached hydrogens (tertiary/aromatic N) is 1. The third-order valence-electron chi connectivity index (χ3n) is 2.95. The first kappa shape index (κ1) is 12.9. The maximum absolute atomic E-state index is 12.2. The topological polar surface area (TPSA) is 83.6 Å². The van der Waals surface area contributed by atoms with Gasteiger partial charge in [-0.15, -0.1) is 0 Å². The Morgan fingerprint density at radius 2 is 2.17 bits per heavy atom. The summed E-state index contributed by atoms with van der Waals surface area (Å²) in [5.41, 5.74) is 6.09. The molecule has 96 valence electrons. The van der Waals surface area contributed by atoms with E-state index in [0.29, 0.717) is 10.6 Å². The molecule has 2 atom stereocenters. The summed E-state index contributed by atoms with van der Waals surface area (Å²) in [6.45, 7) is 0.252. The second-order valence-corrected chi connectivity index (χ2v) is 4.75. The Bertz CT molecular complexity index is 492. The van der Waals surface area contributed by atoms with Crippen LogP contribution in [0.3, 0.4) is 0 Å². The molecule has 2 unspecified atom stereocenters. The van der Waals surface area contributed by atoms with Crippen LogP contribution in [0.25, 0.3) is 0 Å². The Labute approximate surface area is 109 Å². The molecular weight excluding hydrogens is 256 g/mol. The lowest BCUT2D eigenvalue weighted by atomic mass is 10.1. The van der Waals surface area contributed by atoms with E-state index in [4.69, 9.17) is 22.4 Å². The van der Waals surface area contributed by atoms with Crippen LogP contribution in [0.1, 0.15) is 16.8 Å². The van der Waals surface area contributed by atoms with E-state index in [1.165, 1.54) is 11.0 Å². The number of benzene rings is 1. The molecule has 1 aliphatic rings. The maximum atomic E-state index is 12.2. The summed E-state index contributed by atoms with van der Waals surface area (Å²) in [4.78, 5) is 24.6. The van der Waals surface area contributed by atoms with Gasteiger partial charge >= 0.3 is 5.97 Å². The molecule has 0 aromatic heterocycles. The van der Waals surface area contributed by atoms with Gasteiger partial charge in [-0.3, -0.25) is 4.79 Å². The van der Waals surface area contributed by atoms with Crippen molar-refractivity contribution < 1.29 is 14.7 Å². The summed E-state index contributed by atoms with van der Waals surface area (Å²) in [5, 5.41) is 9.52. The summed E-state index contributed by atoms with van der Waals surface area (Å²) in [5.74, 6) is -1.38. The molecular formula is C12H13ClN2O3. The molecule has 1 saturated heterocycles. The number of aliphatic carboxylic acids is 1. The minimum Gasteiger partial charge on any atom is -0.480 e. The van der Waals surface area contributed by atoms with Crippen LogP contribution in [0.4, 0.5) is 0 Å². The lowest BCUT2D eigenvalue weighted by molar-refractivity contribution is -0.141. The number of amides is 1. The van der Waals surface area contributed by atoms with E-state index in [1.807, 2.05) is 0 Å². The third-order valence-corrected chi connectivity index (χ3v) is 3.19. The summed E-state index contributed by atoms with van der Waals surface area (Å²) >= 11 is 5.81. The fourth-order valence-corrected chi connectivity index (χ4v) is 2.30. The summed E-state index contributed by atoms with van der Waals surface area (Å²) in [7, 11) is 0. The molecule has 1 heterocycles. The van der Waals surface area contributed by atoms with Crippen molar-refractivity contribution in [3.8, 4) is 0 Å². The van der Waals surface area contributed by atoms with Gasteiger partial charge in [-0.2, -0.15) is 0 Å². The minimum atomic E-state index is -1.03. The monoisotopic (exact) mass is 268 g/mol. The zero-order valence-corrected chi connectivity index (χ0v) is 10.3. The smallest absolute Gasteiger partial charge is 0.326 e. The van der Waals surface area contributed by atoms with Gasteiger partial charge in [-0.05, 0) is 24.6 Å². The second kappa shape index (κ2) is 4.96. The highest BCUT2D eigenvalue weighted by Gasteiger charge is 2.38. The molecule has 1 aromatic rings. The summed E-state index contributed by atoms with van der Waals surface area (Å²) in [6, 6.07) is 5.29. The van der Waals surface area contributed by atoms with Crippen molar-refractivity contribution in [2.24, 2.45) is 5.73 Å². The lowest BCUT2D eigenvalue weighted by Gasteiger charge is -2.21. The summed E-state index contributed by atoms with van der Waals surface area (Å²) in [6.07, 6.45) is 0.279. The average molecular weight is 269 g/mol. The number of carbonyl (C=O) groups is 2. The van der Waals surface area contributed by atoms with Crippen molar-refractivity contribution in [2.75, 3.05) is 6.54 Å². The average Bonchev–Trinajstić information content (AvgIpc) is 2.70. The van der Waals surface area contributed by atoms with Crippen molar-refractivity contribution in [1.82, 2.24) is 4.90 Å². The standard InChI is InChI=1S/C12H13ClN2O3/c13-8-3-1-2-7(4-8)11(16)15-6-9(14)5-10(15)12(17)18/h1-4,9-10H,5-6,14H2,(H,17,18). The number of halogens is 1. The van der Waals surface area contributed by atoms with E-state index < -0.39 is 12.0 Å². The van der Waals surface area contributed by atoms with Crippen LogP contribution in [0.5, 0.6) is 0 Å². The van der Waals surface area contributed by atoms with Crippen molar-refractivity contribution in [3.63, 3.8) is 0 Å². The molecule has 0 radical (unpaired) electrons. The van der Waals surface area contributed by atoms with Gasteiger partial charge in [0.25, 0.3) is 5.91 Å². The molecule has 0 bridgehead atoms. The van der Waals surface area contributed by atoms with Crippen LogP contribution >= 0.6 is 11.6 Å². The minimum absolute atomic E-state index is 0.252. The zero-order chi connectivity index (χ0) is 13.3. The molecule has 3 N–H and O–H groups in total. The van der Waals surface area contributed by atoms with Gasteiger partial charge < -0.3 is 15.7 Å². The quantitative estimate of drug-likeness (QED) is 0.837. The number of nitrogens with two attached hydrogens (primary N) is 1. The number of carboxylic acid groups (broad SMARTS) is 1. The molecule has 1 aromatic carbocycles. The largest absolute Gasteiger partial charge is 0.480 e. The van der Waals surface area contributed by atoms with E-state index in [1.54, 1.807) is 18.2 Å². The first-order valence-corrected chi connectivity index (χ1v) is 5.91. The van der Waals surface area contributed by atoms with Crippen LogP contribution < -0.4 is 5.73 Å². The highest BCUT2D eigenvalue weighted by Crippen LogP contribution is 2.21. The van der Waals surface area contributed by atoms with Crippen LogP contribution in [-0.4, -0.2) is 40.5 Å². The first-order valence-electron chi connectivity index (χ1n) is 5.54. The van der Waals surface area contributed by atoms with Crippen LogP contribution in [0, 0.1) is 0 Å². The normalized spacial score (nSPS) is 23.1. The Balaban J connectivity index is 2.25. The van der Waals surface area contributed by atoms with Crippen molar-refractivity contribution in [1.29, 1.82) is 0 Å². The predicted molar refractivity (Wildman–Crippen MR) is 66.5 cm³/mol. The predicted octanol–water partition coefficient (Wildman–Crippen LogP) is 0.966. The molecule has 0 spiro atoms. The molecule has 0 saturated carbocycles. The Kier molecular flexibility index (Phi) is 3.54. The molecule has 1 amide bonds. The van der Waals surface area contributed by atoms with Crippen molar-refractivity contribution >= 4 is 23.5 Å². The second-order valence-electron chi connectivity index (χ2n) is 4.32. The molecule has 18 heavy (non-hydrogen) atoms. The third kappa shape index (κ3) is 2.47. The van der Waals surface area contributed by atoms with Gasteiger partial charge in [0.05, 0.1) is 0 Å². The Morgan fingerprint density at radius 3 is 2.78 bits per heavy atom. The van der Waals surface area contributed by atoms with Crippen LogP contribution in [0.2, 0.25) is 5.02 Å². The number of carbonyl (C=O) groups excluding carboxylic acids is 1. The van der Waals surface area contributed by atoms with Crippen LogP contribution in [-0.2, 0) is 4.79 Å². The van der Waals surface area contributed by atoms with E-state index in [-0.39, 0.29) is 24.9 Å². The van der Waals surface area contributed by atoms with E-state index in [9.17, 15) is 9.59 Å². The molecule has 6 heteroatoms.